The minimum absolute atomic E-state index is 0.186. The Kier molecular flexibility index (Phi) is 3.24. The number of hydrogen-bond acceptors (Lipinski definition) is 2. The van der Waals surface area contributed by atoms with Gasteiger partial charge in [0.1, 0.15) is 5.82 Å². The van der Waals surface area contributed by atoms with Gasteiger partial charge in [-0.15, -0.1) is 0 Å². The summed E-state index contributed by atoms with van der Waals surface area (Å²) in [5.41, 5.74) is 9.19. The van der Waals surface area contributed by atoms with E-state index in [0.29, 0.717) is 6.42 Å². The van der Waals surface area contributed by atoms with Crippen LogP contribution in [-0.2, 0) is 13.5 Å². The van der Waals surface area contributed by atoms with Crippen molar-refractivity contribution in [2.45, 2.75) is 12.5 Å². The van der Waals surface area contributed by atoms with E-state index < -0.39 is 0 Å². The van der Waals surface area contributed by atoms with E-state index in [-0.39, 0.29) is 11.9 Å². The summed E-state index contributed by atoms with van der Waals surface area (Å²) in [5.74, 6) is -0.246. The Morgan fingerprint density at radius 2 is 1.85 bits per heavy atom. The fraction of sp³-hybridized carbons (Fsp3) is 0.188. The minimum Gasteiger partial charge on any atom is -0.324 e. The summed E-state index contributed by atoms with van der Waals surface area (Å²) in [6.45, 7) is 0. The summed E-state index contributed by atoms with van der Waals surface area (Å²) in [7, 11) is 1.93. The topological polar surface area (TPSA) is 43.8 Å². The SMILES string of the molecule is Cn1nc(CC(N)c2ccc(F)cc2)c2ccccc21. The molecule has 4 heteroatoms. The number of hydrogen-bond donors (Lipinski definition) is 1. The number of fused-ring (bicyclic) bond motifs is 1. The van der Waals surface area contributed by atoms with Gasteiger partial charge in [0.2, 0.25) is 0 Å². The second-order valence-electron chi connectivity index (χ2n) is 4.95. The molecule has 1 unspecified atom stereocenters. The molecule has 0 aliphatic heterocycles. The van der Waals surface area contributed by atoms with E-state index in [4.69, 9.17) is 5.73 Å². The maximum absolute atomic E-state index is 12.9. The van der Waals surface area contributed by atoms with Gasteiger partial charge in [0.15, 0.2) is 0 Å². The number of aryl methyl sites for hydroxylation is 1. The van der Waals surface area contributed by atoms with Crippen LogP contribution in [0, 0.1) is 5.82 Å². The Morgan fingerprint density at radius 1 is 1.15 bits per heavy atom. The van der Waals surface area contributed by atoms with Crippen molar-refractivity contribution in [1.29, 1.82) is 0 Å². The third-order valence-corrected chi connectivity index (χ3v) is 3.55. The maximum Gasteiger partial charge on any atom is 0.123 e. The molecular formula is C16H16FN3. The molecule has 102 valence electrons. The molecule has 0 amide bonds. The van der Waals surface area contributed by atoms with Crippen LogP contribution in [0.1, 0.15) is 17.3 Å². The third-order valence-electron chi connectivity index (χ3n) is 3.55. The van der Waals surface area contributed by atoms with Crippen LogP contribution in [0.5, 0.6) is 0 Å². The summed E-state index contributed by atoms with van der Waals surface area (Å²) >= 11 is 0. The van der Waals surface area contributed by atoms with Crippen molar-refractivity contribution < 1.29 is 4.39 Å². The molecule has 1 aromatic heterocycles. The van der Waals surface area contributed by atoms with Crippen LogP contribution in [0.25, 0.3) is 10.9 Å². The van der Waals surface area contributed by atoms with Gasteiger partial charge in [-0.1, -0.05) is 30.3 Å². The number of nitrogens with two attached hydrogens (primary N) is 1. The van der Waals surface area contributed by atoms with Crippen LogP contribution in [0.15, 0.2) is 48.5 Å². The first-order valence-electron chi connectivity index (χ1n) is 6.57. The van der Waals surface area contributed by atoms with E-state index in [1.165, 1.54) is 12.1 Å². The zero-order valence-corrected chi connectivity index (χ0v) is 11.3. The second-order valence-corrected chi connectivity index (χ2v) is 4.95. The fourth-order valence-electron chi connectivity index (χ4n) is 2.48. The molecule has 1 atom stereocenters. The molecule has 0 radical (unpaired) electrons. The molecule has 0 aliphatic rings. The lowest BCUT2D eigenvalue weighted by Gasteiger charge is -2.10. The number of halogens is 1. The fourth-order valence-corrected chi connectivity index (χ4v) is 2.48. The lowest BCUT2D eigenvalue weighted by Crippen LogP contribution is -2.14. The second kappa shape index (κ2) is 5.06. The first kappa shape index (κ1) is 12.8. The summed E-state index contributed by atoms with van der Waals surface area (Å²) in [6, 6.07) is 14.2. The first-order valence-corrected chi connectivity index (χ1v) is 6.57. The first-order chi connectivity index (χ1) is 9.65. The van der Waals surface area contributed by atoms with Crippen molar-refractivity contribution in [3.05, 3.63) is 65.6 Å². The van der Waals surface area contributed by atoms with Gasteiger partial charge in [-0.05, 0) is 23.8 Å². The highest BCUT2D eigenvalue weighted by Crippen LogP contribution is 2.22. The van der Waals surface area contributed by atoms with Crippen molar-refractivity contribution in [2.24, 2.45) is 12.8 Å². The smallest absolute Gasteiger partial charge is 0.123 e. The van der Waals surface area contributed by atoms with E-state index in [9.17, 15) is 4.39 Å². The van der Waals surface area contributed by atoms with Crippen molar-refractivity contribution >= 4 is 10.9 Å². The average Bonchev–Trinajstić information content (AvgIpc) is 2.77. The van der Waals surface area contributed by atoms with Gasteiger partial charge in [0.05, 0.1) is 11.2 Å². The summed E-state index contributed by atoms with van der Waals surface area (Å²) in [5, 5.41) is 5.65. The lowest BCUT2D eigenvalue weighted by atomic mass is 10.0. The van der Waals surface area contributed by atoms with Crippen molar-refractivity contribution in [2.75, 3.05) is 0 Å². The van der Waals surface area contributed by atoms with Crippen molar-refractivity contribution in [3.63, 3.8) is 0 Å². The highest BCUT2D eigenvalue weighted by atomic mass is 19.1. The Labute approximate surface area is 116 Å². The minimum atomic E-state index is -0.246. The van der Waals surface area contributed by atoms with E-state index in [2.05, 4.69) is 11.2 Å². The standard InChI is InChI=1S/C16H16FN3/c1-20-16-5-3-2-4-13(16)15(19-20)10-14(18)11-6-8-12(17)9-7-11/h2-9,14H,10,18H2,1H3. The molecule has 2 aromatic carbocycles. The molecule has 0 spiro atoms. The highest BCUT2D eigenvalue weighted by Gasteiger charge is 2.13. The molecule has 3 rings (SSSR count). The van der Waals surface area contributed by atoms with Gasteiger partial charge in [-0.25, -0.2) is 4.39 Å². The number of nitrogens with zero attached hydrogens (tertiary/aromatic N) is 2. The molecule has 0 saturated heterocycles. The Balaban J connectivity index is 1.91. The van der Waals surface area contributed by atoms with Crippen LogP contribution in [0.3, 0.4) is 0 Å². The summed E-state index contributed by atoms with van der Waals surface area (Å²) < 4.78 is 14.8. The number of benzene rings is 2. The lowest BCUT2D eigenvalue weighted by molar-refractivity contribution is 0.623. The quantitative estimate of drug-likeness (QED) is 0.794. The van der Waals surface area contributed by atoms with Crippen LogP contribution in [0.2, 0.25) is 0 Å². The summed E-state index contributed by atoms with van der Waals surface area (Å²) in [4.78, 5) is 0. The summed E-state index contributed by atoms with van der Waals surface area (Å²) in [6.07, 6.45) is 0.632. The predicted molar refractivity (Wildman–Crippen MR) is 77.7 cm³/mol. The highest BCUT2D eigenvalue weighted by molar-refractivity contribution is 5.81. The van der Waals surface area contributed by atoms with Crippen molar-refractivity contribution in [3.8, 4) is 0 Å². The third kappa shape index (κ3) is 2.30. The number of aromatic nitrogens is 2. The van der Waals surface area contributed by atoms with Crippen LogP contribution < -0.4 is 5.73 Å². The van der Waals surface area contributed by atoms with Gasteiger partial charge < -0.3 is 5.73 Å². The monoisotopic (exact) mass is 269 g/mol. The van der Waals surface area contributed by atoms with Crippen LogP contribution in [-0.4, -0.2) is 9.78 Å². The van der Waals surface area contributed by atoms with Gasteiger partial charge in [-0.2, -0.15) is 5.10 Å². The average molecular weight is 269 g/mol. The molecule has 3 nitrogen and oxygen atoms in total. The molecule has 0 fully saturated rings. The van der Waals surface area contributed by atoms with Gasteiger partial charge in [-0.3, -0.25) is 4.68 Å². The molecule has 0 saturated carbocycles. The maximum atomic E-state index is 12.9. The molecule has 0 aliphatic carbocycles. The molecular weight excluding hydrogens is 253 g/mol. The van der Waals surface area contributed by atoms with Crippen molar-refractivity contribution in [1.82, 2.24) is 9.78 Å². The molecule has 20 heavy (non-hydrogen) atoms. The van der Waals surface area contributed by atoms with Crippen LogP contribution >= 0.6 is 0 Å². The van der Waals surface area contributed by atoms with Gasteiger partial charge >= 0.3 is 0 Å². The van der Waals surface area contributed by atoms with Gasteiger partial charge in [0.25, 0.3) is 0 Å². The van der Waals surface area contributed by atoms with Gasteiger partial charge in [0, 0.05) is 24.9 Å². The largest absolute Gasteiger partial charge is 0.324 e. The molecule has 0 bridgehead atoms. The number of para-hydroxylation sites is 1. The zero-order chi connectivity index (χ0) is 14.1. The zero-order valence-electron chi connectivity index (χ0n) is 11.3. The normalized spacial score (nSPS) is 12.8. The Hall–Kier alpha value is -2.20. The van der Waals surface area contributed by atoms with E-state index in [1.807, 2.05) is 29.9 Å². The predicted octanol–water partition coefficient (Wildman–Crippen LogP) is 2.95. The number of rotatable bonds is 3. The molecule has 1 heterocycles. The Morgan fingerprint density at radius 3 is 2.60 bits per heavy atom. The van der Waals surface area contributed by atoms with E-state index >= 15 is 0 Å². The van der Waals surface area contributed by atoms with E-state index in [0.717, 1.165) is 22.2 Å². The Bertz CT molecular complexity index is 731. The van der Waals surface area contributed by atoms with E-state index in [1.54, 1.807) is 12.1 Å². The molecule has 2 N–H and O–H groups in total. The molecule has 3 aromatic rings. The van der Waals surface area contributed by atoms with Crippen LogP contribution in [0.4, 0.5) is 4.39 Å².